The number of nitrogens with zero attached hydrogens (tertiary/aromatic N) is 2. The largest absolute Gasteiger partial charge is 0.356 e. The summed E-state index contributed by atoms with van der Waals surface area (Å²) in [5.41, 5.74) is 0. The third kappa shape index (κ3) is 16.1. The molecule has 0 N–H and O–H groups in total. The number of hydrogen-bond acceptors (Lipinski definition) is 2. The van der Waals surface area contributed by atoms with Crippen LogP contribution in [0.1, 0.15) is 175 Å². The lowest BCUT2D eigenvalue weighted by Gasteiger charge is -2.35. The fourth-order valence-electron chi connectivity index (χ4n) is 5.54. The fourth-order valence-corrected chi connectivity index (χ4v) is 5.54. The van der Waals surface area contributed by atoms with Gasteiger partial charge in [-0.2, -0.15) is 0 Å². The maximum absolute atomic E-state index is 2.65. The van der Waals surface area contributed by atoms with E-state index < -0.39 is 0 Å². The molecule has 0 saturated carbocycles. The third-order valence-corrected chi connectivity index (χ3v) is 7.84. The lowest BCUT2D eigenvalue weighted by molar-refractivity contribution is 0.114. The Morgan fingerprint density at radius 2 is 0.882 bits per heavy atom. The average Bonchev–Trinajstić information content (AvgIpc) is 3.24. The van der Waals surface area contributed by atoms with Crippen molar-refractivity contribution in [3.63, 3.8) is 0 Å². The molecule has 0 aromatic heterocycles. The minimum Gasteiger partial charge on any atom is -0.356 e. The molecule has 0 aromatic rings. The van der Waals surface area contributed by atoms with Gasteiger partial charge in [-0.05, 0) is 33.1 Å². The van der Waals surface area contributed by atoms with Crippen LogP contribution in [0.25, 0.3) is 0 Å². The van der Waals surface area contributed by atoms with Gasteiger partial charge in [0.25, 0.3) is 0 Å². The van der Waals surface area contributed by atoms with E-state index in [1.165, 1.54) is 154 Å². The van der Waals surface area contributed by atoms with Gasteiger partial charge >= 0.3 is 0 Å². The van der Waals surface area contributed by atoms with Crippen LogP contribution >= 0.6 is 0 Å². The van der Waals surface area contributed by atoms with Crippen molar-refractivity contribution in [3.8, 4) is 0 Å². The van der Waals surface area contributed by atoms with E-state index in [0.29, 0.717) is 12.2 Å². The molecule has 0 radical (unpaired) electrons. The van der Waals surface area contributed by atoms with Gasteiger partial charge in [0, 0.05) is 25.0 Å². The van der Waals surface area contributed by atoms with Gasteiger partial charge in [0.1, 0.15) is 6.17 Å². The second-order valence-corrected chi connectivity index (χ2v) is 11.4. The van der Waals surface area contributed by atoms with Crippen molar-refractivity contribution < 1.29 is 0 Å². The third-order valence-electron chi connectivity index (χ3n) is 7.84. The van der Waals surface area contributed by atoms with Crippen molar-refractivity contribution in [3.05, 3.63) is 12.4 Å². The quantitative estimate of drug-likeness (QED) is 0.121. The molecular formula is C32H64N2. The van der Waals surface area contributed by atoms with Gasteiger partial charge in [-0.3, -0.25) is 0 Å². The molecule has 0 aromatic carbocycles. The first kappa shape index (κ1) is 31.4. The van der Waals surface area contributed by atoms with E-state index in [2.05, 4.69) is 49.9 Å². The lowest BCUT2D eigenvalue weighted by Crippen LogP contribution is -2.42. The van der Waals surface area contributed by atoms with Crippen molar-refractivity contribution in [2.75, 3.05) is 6.54 Å². The molecule has 0 spiro atoms. The van der Waals surface area contributed by atoms with Crippen LogP contribution in [0, 0.1) is 0 Å². The predicted molar refractivity (Wildman–Crippen MR) is 154 cm³/mol. The molecule has 1 unspecified atom stereocenters. The number of hydrogen-bond donors (Lipinski definition) is 0. The predicted octanol–water partition coefficient (Wildman–Crippen LogP) is 10.8. The summed E-state index contributed by atoms with van der Waals surface area (Å²) in [5.74, 6) is 0. The molecule has 2 nitrogen and oxygen atoms in total. The molecule has 1 heterocycles. The number of unbranched alkanes of at least 4 members (excludes halogenated alkanes) is 20. The maximum atomic E-state index is 2.65. The van der Waals surface area contributed by atoms with E-state index in [1.807, 2.05) is 0 Å². The van der Waals surface area contributed by atoms with Crippen LogP contribution in [0.15, 0.2) is 12.4 Å². The van der Waals surface area contributed by atoms with Crippen LogP contribution in [-0.2, 0) is 0 Å². The Morgan fingerprint density at radius 1 is 0.500 bits per heavy atom. The Kier molecular flexibility index (Phi) is 21.0. The minimum atomic E-state index is 0.608. The van der Waals surface area contributed by atoms with Gasteiger partial charge in [-0.1, -0.05) is 142 Å². The van der Waals surface area contributed by atoms with E-state index in [1.54, 1.807) is 0 Å². The van der Waals surface area contributed by atoms with Gasteiger partial charge < -0.3 is 9.80 Å². The highest BCUT2D eigenvalue weighted by atomic mass is 15.4. The molecule has 0 aliphatic carbocycles. The summed E-state index contributed by atoms with van der Waals surface area (Å²) in [4.78, 5) is 5.26. The Morgan fingerprint density at radius 3 is 1.29 bits per heavy atom. The normalized spacial score (nSPS) is 15.9. The molecule has 0 bridgehead atoms. The smallest absolute Gasteiger partial charge is 0.101 e. The van der Waals surface area contributed by atoms with Crippen molar-refractivity contribution in [1.29, 1.82) is 0 Å². The van der Waals surface area contributed by atoms with Crippen LogP contribution < -0.4 is 0 Å². The zero-order valence-corrected chi connectivity index (χ0v) is 24.2. The van der Waals surface area contributed by atoms with Crippen molar-refractivity contribution in [1.82, 2.24) is 9.80 Å². The highest BCUT2D eigenvalue weighted by Crippen LogP contribution is 2.25. The number of rotatable bonds is 25. The summed E-state index contributed by atoms with van der Waals surface area (Å²) in [6, 6.07) is 0.608. The first-order chi connectivity index (χ1) is 16.7. The first-order valence-corrected chi connectivity index (χ1v) is 15.9. The summed E-state index contributed by atoms with van der Waals surface area (Å²) < 4.78 is 0. The van der Waals surface area contributed by atoms with E-state index >= 15 is 0 Å². The topological polar surface area (TPSA) is 6.48 Å². The van der Waals surface area contributed by atoms with Crippen LogP contribution in [0.4, 0.5) is 0 Å². The highest BCUT2D eigenvalue weighted by molar-refractivity contribution is 4.98. The molecular weight excluding hydrogens is 412 g/mol. The molecule has 1 atom stereocenters. The molecule has 2 heteroatoms. The first-order valence-electron chi connectivity index (χ1n) is 15.9. The van der Waals surface area contributed by atoms with Gasteiger partial charge in [0.2, 0.25) is 0 Å². The molecule has 1 rings (SSSR count). The zero-order chi connectivity index (χ0) is 24.7. The summed E-state index contributed by atoms with van der Waals surface area (Å²) in [6.07, 6.45) is 38.2. The van der Waals surface area contributed by atoms with E-state index in [-0.39, 0.29) is 0 Å². The SMILES string of the molecule is CCCCCCCCCCCCCCCC1N(CCCCCCCCCCC)C=CN1C(C)C. The summed E-state index contributed by atoms with van der Waals surface area (Å²) in [7, 11) is 0. The summed E-state index contributed by atoms with van der Waals surface area (Å²) >= 11 is 0. The second kappa shape index (κ2) is 22.8. The molecule has 0 saturated heterocycles. The van der Waals surface area contributed by atoms with Gasteiger partial charge in [-0.25, -0.2) is 0 Å². The highest BCUT2D eigenvalue weighted by Gasteiger charge is 2.26. The van der Waals surface area contributed by atoms with E-state index in [9.17, 15) is 0 Å². The van der Waals surface area contributed by atoms with Crippen molar-refractivity contribution in [2.24, 2.45) is 0 Å². The van der Waals surface area contributed by atoms with Crippen molar-refractivity contribution in [2.45, 2.75) is 188 Å². The second-order valence-electron chi connectivity index (χ2n) is 11.4. The fraction of sp³-hybridized carbons (Fsp3) is 0.938. The Labute approximate surface area is 216 Å². The van der Waals surface area contributed by atoms with Gasteiger partial charge in [0.05, 0.1) is 0 Å². The van der Waals surface area contributed by atoms with Crippen LogP contribution in [-0.4, -0.2) is 28.6 Å². The molecule has 0 amide bonds. The average molecular weight is 477 g/mol. The Bertz CT molecular complexity index is 444. The Balaban J connectivity index is 2.06. The van der Waals surface area contributed by atoms with Gasteiger partial charge in [0.15, 0.2) is 0 Å². The van der Waals surface area contributed by atoms with E-state index in [4.69, 9.17) is 0 Å². The Hall–Kier alpha value is -0.660. The lowest BCUT2D eigenvalue weighted by atomic mass is 10.0. The minimum absolute atomic E-state index is 0.608. The molecule has 0 fully saturated rings. The molecule has 1 aliphatic rings. The zero-order valence-electron chi connectivity index (χ0n) is 24.2. The standard InChI is InChI=1S/C32H64N2/c1-5-7-9-11-13-15-16-17-18-19-21-23-25-27-32-33(29-30-34(32)31(3)4)28-26-24-22-20-14-12-10-8-6-2/h29-32H,5-28H2,1-4H3. The van der Waals surface area contributed by atoms with Crippen LogP contribution in [0.2, 0.25) is 0 Å². The van der Waals surface area contributed by atoms with Gasteiger partial charge in [-0.15, -0.1) is 0 Å². The summed E-state index contributed by atoms with van der Waals surface area (Å²) in [6.45, 7) is 10.6. The maximum Gasteiger partial charge on any atom is 0.101 e. The summed E-state index contributed by atoms with van der Waals surface area (Å²) in [5, 5.41) is 0. The monoisotopic (exact) mass is 477 g/mol. The molecule has 1 aliphatic heterocycles. The molecule has 34 heavy (non-hydrogen) atoms. The van der Waals surface area contributed by atoms with Crippen LogP contribution in [0.5, 0.6) is 0 Å². The molecule has 202 valence electrons. The van der Waals surface area contributed by atoms with Crippen molar-refractivity contribution >= 4 is 0 Å². The van der Waals surface area contributed by atoms with Crippen LogP contribution in [0.3, 0.4) is 0 Å². The van der Waals surface area contributed by atoms with E-state index in [0.717, 1.165) is 0 Å².